The van der Waals surface area contributed by atoms with Crippen molar-refractivity contribution in [1.82, 2.24) is 9.80 Å². The van der Waals surface area contributed by atoms with Gasteiger partial charge in [0.05, 0.1) is 12.9 Å². The highest BCUT2D eigenvalue weighted by Gasteiger charge is 2.54. The van der Waals surface area contributed by atoms with Gasteiger partial charge in [-0.15, -0.1) is 11.8 Å². The van der Waals surface area contributed by atoms with Gasteiger partial charge in [-0.3, -0.25) is 33.8 Å². The number of imide groups is 2. The molecule has 1 aromatic carbocycles. The van der Waals surface area contributed by atoms with Gasteiger partial charge in [0, 0.05) is 25.7 Å². The summed E-state index contributed by atoms with van der Waals surface area (Å²) in [6.07, 6.45) is -0.598. The van der Waals surface area contributed by atoms with Gasteiger partial charge in [0.1, 0.15) is 5.75 Å². The van der Waals surface area contributed by atoms with Crippen molar-refractivity contribution in [2.24, 2.45) is 0 Å². The molecule has 0 bridgehead atoms. The van der Waals surface area contributed by atoms with Gasteiger partial charge in [-0.1, -0.05) is 23.9 Å². The van der Waals surface area contributed by atoms with Crippen LogP contribution in [0.2, 0.25) is 0 Å². The number of carbonyl (C=O) groups excluding carboxylic acids is 4. The van der Waals surface area contributed by atoms with E-state index in [1.807, 2.05) is 0 Å². The molecule has 2 N–H and O–H groups in total. The predicted molar refractivity (Wildman–Crippen MR) is 116 cm³/mol. The molecule has 0 spiro atoms. The number of thioether (sulfide) groups is 2. The number of carboxylic acids is 2. The summed E-state index contributed by atoms with van der Waals surface area (Å²) in [7, 11) is 1.43. The molecule has 176 valence electrons. The van der Waals surface area contributed by atoms with E-state index in [4.69, 9.17) is 4.74 Å². The second-order valence-electron chi connectivity index (χ2n) is 7.08. The molecule has 11 nitrogen and oxygen atoms in total. The first-order chi connectivity index (χ1) is 15.6. The number of rotatable bonds is 10. The predicted octanol–water partition coefficient (Wildman–Crippen LogP) is 1.07. The second kappa shape index (κ2) is 9.83. The molecular formula is C20H20N2O9S2. The maximum absolute atomic E-state index is 12.8. The maximum atomic E-state index is 12.8. The summed E-state index contributed by atoms with van der Waals surface area (Å²) in [6, 6.07) is 5.98. The zero-order valence-corrected chi connectivity index (χ0v) is 19.0. The monoisotopic (exact) mass is 496 g/mol. The molecule has 0 aliphatic carbocycles. The normalized spacial score (nSPS) is 19.1. The summed E-state index contributed by atoms with van der Waals surface area (Å²) < 4.78 is 3.26. The van der Waals surface area contributed by atoms with Crippen molar-refractivity contribution >= 4 is 59.1 Å². The standard InChI is InChI=1S/C20H20N2O9S2/c1-31-12-4-2-11(3-5-12)20(32-10-17(27)28,22-15(25)8-9-16(22)26)33-18(19(29)30)21-13(23)6-7-14(21)24/h2-5,18H,6-10H2,1H3,(H,27,28)(H,29,30). The van der Waals surface area contributed by atoms with Crippen LogP contribution in [0.1, 0.15) is 31.2 Å². The number of aliphatic carboxylic acids is 2. The van der Waals surface area contributed by atoms with Gasteiger partial charge < -0.3 is 14.9 Å². The smallest absolute Gasteiger partial charge is 0.337 e. The lowest BCUT2D eigenvalue weighted by atomic mass is 10.2. The van der Waals surface area contributed by atoms with E-state index < -0.39 is 50.9 Å². The second-order valence-corrected chi connectivity index (χ2v) is 9.78. The Morgan fingerprint density at radius 2 is 1.48 bits per heavy atom. The molecule has 2 heterocycles. The van der Waals surface area contributed by atoms with Crippen LogP contribution in [0.3, 0.4) is 0 Å². The summed E-state index contributed by atoms with van der Waals surface area (Å²) in [5, 5.41) is 17.5. The third-order valence-corrected chi connectivity index (χ3v) is 8.22. The lowest BCUT2D eigenvalue weighted by Crippen LogP contribution is -2.51. The van der Waals surface area contributed by atoms with Crippen molar-refractivity contribution in [3.05, 3.63) is 29.8 Å². The number of likely N-dealkylation sites (tertiary alicyclic amines) is 2. The topological polar surface area (TPSA) is 159 Å². The Bertz CT molecular complexity index is 981. The number of amides is 4. The van der Waals surface area contributed by atoms with Crippen LogP contribution < -0.4 is 4.74 Å². The lowest BCUT2D eigenvalue weighted by molar-refractivity contribution is -0.150. The molecule has 4 amide bonds. The minimum absolute atomic E-state index is 0.135. The Balaban J connectivity index is 2.19. The molecule has 13 heteroatoms. The Hall–Kier alpha value is -3.06. The number of benzene rings is 1. The fraction of sp³-hybridized carbons (Fsp3) is 0.400. The molecule has 2 unspecified atom stereocenters. The van der Waals surface area contributed by atoms with Crippen LogP contribution in [-0.2, 0) is 33.0 Å². The van der Waals surface area contributed by atoms with E-state index in [-0.39, 0.29) is 31.2 Å². The van der Waals surface area contributed by atoms with Crippen LogP contribution in [0.4, 0.5) is 0 Å². The third-order valence-electron chi connectivity index (χ3n) is 5.00. The van der Waals surface area contributed by atoms with Crippen molar-refractivity contribution in [3.8, 4) is 5.75 Å². The molecular weight excluding hydrogens is 476 g/mol. The van der Waals surface area contributed by atoms with Crippen molar-refractivity contribution < 1.29 is 43.7 Å². The molecule has 0 saturated carbocycles. The van der Waals surface area contributed by atoms with E-state index >= 15 is 0 Å². The fourth-order valence-electron chi connectivity index (χ4n) is 3.52. The Labute approximate surface area is 196 Å². The molecule has 2 aliphatic rings. The Kier molecular flexibility index (Phi) is 7.32. The van der Waals surface area contributed by atoms with Gasteiger partial charge in [-0.25, -0.2) is 4.79 Å². The number of carboxylic acid groups (broad SMARTS) is 2. The van der Waals surface area contributed by atoms with Crippen LogP contribution in [0.15, 0.2) is 24.3 Å². The van der Waals surface area contributed by atoms with E-state index in [2.05, 4.69) is 0 Å². The first kappa shape index (κ1) is 24.6. The largest absolute Gasteiger partial charge is 0.497 e. The molecule has 2 aliphatic heterocycles. The summed E-state index contributed by atoms with van der Waals surface area (Å²) >= 11 is 1.14. The minimum Gasteiger partial charge on any atom is -0.497 e. The lowest BCUT2D eigenvalue weighted by Gasteiger charge is -2.41. The van der Waals surface area contributed by atoms with Crippen LogP contribution in [0.5, 0.6) is 5.75 Å². The van der Waals surface area contributed by atoms with E-state index in [1.165, 1.54) is 31.4 Å². The zero-order valence-electron chi connectivity index (χ0n) is 17.4. The van der Waals surface area contributed by atoms with Gasteiger partial charge in [0.2, 0.25) is 23.6 Å². The molecule has 2 atom stereocenters. The summed E-state index contributed by atoms with van der Waals surface area (Å²) in [4.78, 5) is 75.3. The van der Waals surface area contributed by atoms with Gasteiger partial charge >= 0.3 is 11.9 Å². The van der Waals surface area contributed by atoms with Gasteiger partial charge in [-0.2, -0.15) is 0 Å². The quantitative estimate of drug-likeness (QED) is 0.352. The van der Waals surface area contributed by atoms with Crippen LogP contribution in [0.25, 0.3) is 0 Å². The van der Waals surface area contributed by atoms with E-state index in [0.29, 0.717) is 34.2 Å². The molecule has 2 saturated heterocycles. The Morgan fingerprint density at radius 3 is 1.94 bits per heavy atom. The van der Waals surface area contributed by atoms with Gasteiger partial charge in [-0.05, 0) is 17.7 Å². The third kappa shape index (κ3) is 4.83. The van der Waals surface area contributed by atoms with E-state index in [0.717, 1.165) is 4.90 Å². The molecule has 3 rings (SSSR count). The van der Waals surface area contributed by atoms with Crippen LogP contribution >= 0.6 is 23.5 Å². The maximum Gasteiger partial charge on any atom is 0.337 e. The van der Waals surface area contributed by atoms with Gasteiger partial charge in [0.15, 0.2) is 9.58 Å². The molecule has 1 aromatic rings. The molecule has 0 aromatic heterocycles. The van der Waals surface area contributed by atoms with Crippen molar-refractivity contribution in [1.29, 1.82) is 0 Å². The highest BCUT2D eigenvalue weighted by molar-refractivity contribution is 8.18. The van der Waals surface area contributed by atoms with Crippen molar-refractivity contribution in [2.75, 3.05) is 12.9 Å². The molecule has 0 radical (unpaired) electrons. The first-order valence-electron chi connectivity index (χ1n) is 9.72. The van der Waals surface area contributed by atoms with E-state index in [1.54, 1.807) is 0 Å². The number of ether oxygens (including phenoxy) is 1. The van der Waals surface area contributed by atoms with Crippen molar-refractivity contribution in [3.63, 3.8) is 0 Å². The SMILES string of the molecule is COc1ccc(C(SCC(=O)O)(SC(C(=O)O)N2C(=O)CCC2=O)N2C(=O)CCC2=O)cc1. The minimum atomic E-state index is -1.87. The Morgan fingerprint density at radius 1 is 0.970 bits per heavy atom. The molecule has 2 fully saturated rings. The van der Waals surface area contributed by atoms with Crippen LogP contribution in [-0.4, -0.2) is 73.8 Å². The molecule has 33 heavy (non-hydrogen) atoms. The number of carbonyl (C=O) groups is 6. The first-order valence-corrected chi connectivity index (χ1v) is 11.6. The zero-order chi connectivity index (χ0) is 24.3. The fourth-order valence-corrected chi connectivity index (χ4v) is 6.52. The van der Waals surface area contributed by atoms with Crippen LogP contribution in [0, 0.1) is 0 Å². The highest BCUT2D eigenvalue weighted by Crippen LogP contribution is 2.54. The summed E-state index contributed by atoms with van der Waals surface area (Å²) in [6.45, 7) is 0. The summed E-state index contributed by atoms with van der Waals surface area (Å²) in [5.41, 5.74) is 0.230. The number of methoxy groups -OCH3 is 1. The van der Waals surface area contributed by atoms with E-state index in [9.17, 15) is 39.0 Å². The number of hydrogen-bond donors (Lipinski definition) is 2. The number of nitrogens with zero attached hydrogens (tertiary/aromatic N) is 2. The highest BCUT2D eigenvalue weighted by atomic mass is 32.2. The van der Waals surface area contributed by atoms with Gasteiger partial charge in [0.25, 0.3) is 0 Å². The average molecular weight is 497 g/mol. The average Bonchev–Trinajstić information content (AvgIpc) is 3.29. The van der Waals surface area contributed by atoms with Crippen molar-refractivity contribution in [2.45, 2.75) is 35.3 Å². The number of hydrogen-bond acceptors (Lipinski definition) is 9. The summed E-state index contributed by atoms with van der Waals surface area (Å²) in [5.74, 6) is -5.62.